The van der Waals surface area contributed by atoms with E-state index >= 15 is 0 Å². The molecule has 2 rings (SSSR count). The third kappa shape index (κ3) is 4.47. The standard InChI is InChI=1S/C14H15BrF3NO3S/c15-11-5-1-2-6-12(11)23(21,22)9-13(20)19-7-3-4-10(8-19)14(16,17)18/h1-2,5-6,10H,3-4,7-9H2. The number of nitrogens with zero attached hydrogens (tertiary/aromatic N) is 1. The topological polar surface area (TPSA) is 54.5 Å². The number of amides is 1. The van der Waals surface area contributed by atoms with Gasteiger partial charge in [-0.1, -0.05) is 12.1 Å². The highest BCUT2D eigenvalue weighted by molar-refractivity contribution is 9.10. The van der Waals surface area contributed by atoms with Gasteiger partial charge in [0.05, 0.1) is 10.8 Å². The second-order valence-electron chi connectivity index (χ2n) is 5.41. The summed E-state index contributed by atoms with van der Waals surface area (Å²) in [7, 11) is -3.91. The van der Waals surface area contributed by atoms with Gasteiger partial charge in [0.1, 0.15) is 5.75 Å². The number of likely N-dealkylation sites (tertiary alicyclic amines) is 1. The van der Waals surface area contributed by atoms with Crippen LogP contribution in [0.4, 0.5) is 13.2 Å². The predicted octanol–water partition coefficient (Wildman–Crippen LogP) is 3.02. The predicted molar refractivity (Wildman–Crippen MR) is 81.6 cm³/mol. The van der Waals surface area contributed by atoms with Crippen molar-refractivity contribution < 1.29 is 26.4 Å². The molecule has 1 saturated heterocycles. The quantitative estimate of drug-likeness (QED) is 0.764. The summed E-state index contributed by atoms with van der Waals surface area (Å²) in [4.78, 5) is 13.1. The van der Waals surface area contributed by atoms with Gasteiger partial charge in [-0.3, -0.25) is 4.79 Å². The van der Waals surface area contributed by atoms with Gasteiger partial charge < -0.3 is 4.90 Å². The summed E-state index contributed by atoms with van der Waals surface area (Å²) in [5.74, 6) is -3.22. The number of sulfone groups is 1. The van der Waals surface area contributed by atoms with Crippen molar-refractivity contribution in [3.8, 4) is 0 Å². The number of hydrogen-bond donors (Lipinski definition) is 0. The third-order valence-electron chi connectivity index (χ3n) is 3.72. The van der Waals surface area contributed by atoms with Crippen molar-refractivity contribution in [2.75, 3.05) is 18.8 Å². The first-order chi connectivity index (χ1) is 10.6. The maximum atomic E-state index is 12.8. The average Bonchev–Trinajstić information content (AvgIpc) is 2.46. The van der Waals surface area contributed by atoms with Gasteiger partial charge in [-0.05, 0) is 40.9 Å². The lowest BCUT2D eigenvalue weighted by Crippen LogP contribution is -2.46. The van der Waals surface area contributed by atoms with Gasteiger partial charge in [-0.25, -0.2) is 8.42 Å². The Morgan fingerprint density at radius 1 is 1.30 bits per heavy atom. The van der Waals surface area contributed by atoms with Crippen LogP contribution in [-0.4, -0.2) is 44.2 Å². The minimum atomic E-state index is -4.37. The molecule has 9 heteroatoms. The van der Waals surface area contributed by atoms with Crippen molar-refractivity contribution in [2.45, 2.75) is 23.9 Å². The van der Waals surface area contributed by atoms with E-state index in [-0.39, 0.29) is 24.3 Å². The fourth-order valence-electron chi connectivity index (χ4n) is 2.50. The normalized spacial score (nSPS) is 19.7. The molecule has 4 nitrogen and oxygen atoms in total. The number of benzene rings is 1. The highest BCUT2D eigenvalue weighted by atomic mass is 79.9. The van der Waals surface area contributed by atoms with E-state index in [4.69, 9.17) is 0 Å². The summed E-state index contributed by atoms with van der Waals surface area (Å²) in [5.41, 5.74) is 0. The van der Waals surface area contributed by atoms with E-state index in [0.717, 1.165) is 4.90 Å². The van der Waals surface area contributed by atoms with Crippen LogP contribution >= 0.6 is 15.9 Å². The van der Waals surface area contributed by atoms with E-state index in [1.165, 1.54) is 18.2 Å². The fraction of sp³-hybridized carbons (Fsp3) is 0.500. The van der Waals surface area contributed by atoms with Crippen molar-refractivity contribution in [3.63, 3.8) is 0 Å². The lowest BCUT2D eigenvalue weighted by Gasteiger charge is -2.33. The molecular weight excluding hydrogens is 399 g/mol. The van der Waals surface area contributed by atoms with Gasteiger partial charge in [-0.2, -0.15) is 13.2 Å². The zero-order valence-electron chi connectivity index (χ0n) is 12.0. The zero-order chi connectivity index (χ0) is 17.3. The van der Waals surface area contributed by atoms with Gasteiger partial charge >= 0.3 is 6.18 Å². The maximum Gasteiger partial charge on any atom is 0.393 e. The first kappa shape index (κ1) is 18.3. The van der Waals surface area contributed by atoms with Gasteiger partial charge in [0.2, 0.25) is 5.91 Å². The molecule has 0 N–H and O–H groups in total. The Bertz CT molecular complexity index is 691. The molecule has 1 aromatic carbocycles. The van der Waals surface area contributed by atoms with E-state index in [1.807, 2.05) is 0 Å². The number of piperidine rings is 1. The summed E-state index contributed by atoms with van der Waals surface area (Å²) in [6.45, 7) is -0.329. The minimum absolute atomic E-state index is 0.0374. The van der Waals surface area contributed by atoms with Crippen LogP contribution in [0.2, 0.25) is 0 Å². The lowest BCUT2D eigenvalue weighted by molar-refractivity contribution is -0.187. The molecule has 0 bridgehead atoms. The van der Waals surface area contributed by atoms with Gasteiger partial charge in [0.25, 0.3) is 0 Å². The Kier molecular flexibility index (Phi) is 5.40. The Morgan fingerprint density at radius 3 is 2.57 bits per heavy atom. The number of hydrogen-bond acceptors (Lipinski definition) is 3. The lowest BCUT2D eigenvalue weighted by atomic mass is 9.97. The van der Waals surface area contributed by atoms with Crippen LogP contribution in [0.1, 0.15) is 12.8 Å². The fourth-order valence-corrected chi connectivity index (χ4v) is 4.84. The Labute approximate surface area is 140 Å². The molecule has 1 fully saturated rings. The minimum Gasteiger partial charge on any atom is -0.341 e. The van der Waals surface area contributed by atoms with E-state index in [9.17, 15) is 26.4 Å². The van der Waals surface area contributed by atoms with Crippen molar-refractivity contribution in [1.29, 1.82) is 0 Å². The molecule has 1 amide bonds. The van der Waals surface area contributed by atoms with E-state index in [0.29, 0.717) is 4.47 Å². The molecule has 1 aromatic rings. The molecule has 0 aromatic heterocycles. The Hall–Kier alpha value is -1.09. The summed E-state index contributed by atoms with van der Waals surface area (Å²) < 4.78 is 63.2. The maximum absolute atomic E-state index is 12.8. The molecule has 0 radical (unpaired) electrons. The molecule has 1 aliphatic rings. The van der Waals surface area contributed by atoms with Crippen LogP contribution in [-0.2, 0) is 14.6 Å². The molecule has 0 aliphatic carbocycles. The molecular formula is C14H15BrF3NO3S. The van der Waals surface area contributed by atoms with E-state index in [2.05, 4.69) is 15.9 Å². The van der Waals surface area contributed by atoms with E-state index in [1.54, 1.807) is 6.07 Å². The van der Waals surface area contributed by atoms with Gasteiger partial charge in [0, 0.05) is 17.6 Å². The summed E-state index contributed by atoms with van der Waals surface area (Å²) >= 11 is 3.10. The molecule has 23 heavy (non-hydrogen) atoms. The summed E-state index contributed by atoms with van der Waals surface area (Å²) in [6.07, 6.45) is -4.20. The van der Waals surface area contributed by atoms with Crippen molar-refractivity contribution in [3.05, 3.63) is 28.7 Å². The summed E-state index contributed by atoms with van der Waals surface area (Å²) in [6, 6.07) is 6.02. The van der Waals surface area contributed by atoms with Crippen molar-refractivity contribution in [1.82, 2.24) is 4.90 Å². The molecule has 0 spiro atoms. The smallest absolute Gasteiger partial charge is 0.341 e. The molecule has 1 heterocycles. The third-order valence-corrected chi connectivity index (χ3v) is 6.33. The Morgan fingerprint density at radius 2 is 1.96 bits per heavy atom. The highest BCUT2D eigenvalue weighted by Gasteiger charge is 2.43. The second-order valence-corrected chi connectivity index (χ2v) is 8.22. The SMILES string of the molecule is O=C(CS(=O)(=O)c1ccccc1Br)N1CCCC(C(F)(F)F)C1. The summed E-state index contributed by atoms with van der Waals surface area (Å²) in [5, 5.41) is 0. The van der Waals surface area contributed by atoms with Crippen LogP contribution in [0.3, 0.4) is 0 Å². The largest absolute Gasteiger partial charge is 0.393 e. The average molecular weight is 414 g/mol. The van der Waals surface area contributed by atoms with Crippen LogP contribution in [0.15, 0.2) is 33.6 Å². The molecule has 128 valence electrons. The van der Waals surface area contributed by atoms with Crippen molar-refractivity contribution >= 4 is 31.7 Å². The number of carbonyl (C=O) groups is 1. The number of rotatable bonds is 3. The van der Waals surface area contributed by atoms with Gasteiger partial charge in [0.15, 0.2) is 9.84 Å². The van der Waals surface area contributed by atoms with Gasteiger partial charge in [-0.15, -0.1) is 0 Å². The van der Waals surface area contributed by atoms with Crippen LogP contribution in [0.25, 0.3) is 0 Å². The number of halogens is 4. The van der Waals surface area contributed by atoms with E-state index < -0.39 is 40.1 Å². The molecule has 1 unspecified atom stereocenters. The first-order valence-electron chi connectivity index (χ1n) is 6.93. The van der Waals surface area contributed by atoms with Crippen LogP contribution in [0, 0.1) is 5.92 Å². The molecule has 1 atom stereocenters. The molecule has 1 aliphatic heterocycles. The zero-order valence-corrected chi connectivity index (χ0v) is 14.4. The molecule has 0 saturated carbocycles. The number of carbonyl (C=O) groups excluding carboxylic acids is 1. The second kappa shape index (κ2) is 6.80. The van der Waals surface area contributed by atoms with Crippen molar-refractivity contribution in [2.24, 2.45) is 5.92 Å². The van der Waals surface area contributed by atoms with Crippen LogP contribution < -0.4 is 0 Å². The first-order valence-corrected chi connectivity index (χ1v) is 9.37. The Balaban J connectivity index is 2.11. The monoisotopic (exact) mass is 413 g/mol. The van der Waals surface area contributed by atoms with Crippen LogP contribution in [0.5, 0.6) is 0 Å². The number of alkyl halides is 3. The highest BCUT2D eigenvalue weighted by Crippen LogP contribution is 2.33.